The maximum atomic E-state index is 12.8. The monoisotopic (exact) mass is 422 g/mol. The van der Waals surface area contributed by atoms with Crippen molar-refractivity contribution in [1.82, 2.24) is 15.1 Å². The number of nitrogens with one attached hydrogen (secondary N) is 1. The average molecular weight is 423 g/mol. The van der Waals surface area contributed by atoms with Crippen molar-refractivity contribution in [3.05, 3.63) is 59.7 Å². The molecule has 2 saturated heterocycles. The molecule has 0 atom stereocenters. The maximum absolute atomic E-state index is 12.8. The number of para-hydroxylation sites is 2. The van der Waals surface area contributed by atoms with Gasteiger partial charge in [-0.25, -0.2) is 4.79 Å². The summed E-state index contributed by atoms with van der Waals surface area (Å²) in [6.45, 7) is 8.34. The van der Waals surface area contributed by atoms with E-state index >= 15 is 0 Å². The maximum Gasteiger partial charge on any atom is 0.317 e. The number of nitrogens with zero attached hydrogens (tertiary/aromatic N) is 3. The lowest BCUT2D eigenvalue weighted by molar-refractivity contribution is 0.167. The number of hydrogen-bond donors (Lipinski definition) is 1. The number of aryl methyl sites for hydroxylation is 1. The summed E-state index contributed by atoms with van der Waals surface area (Å²) in [5, 5.41) is 3.28. The summed E-state index contributed by atoms with van der Waals surface area (Å²) < 4.78 is 5.49. The third-order valence-corrected chi connectivity index (χ3v) is 6.56. The highest BCUT2D eigenvalue weighted by Crippen LogP contribution is 2.28. The molecule has 1 N–H and O–H groups in total. The van der Waals surface area contributed by atoms with Crippen molar-refractivity contribution in [2.45, 2.75) is 32.4 Å². The summed E-state index contributed by atoms with van der Waals surface area (Å²) in [7, 11) is 1.70. The summed E-state index contributed by atoms with van der Waals surface area (Å²) in [5.74, 6) is 0.887. The van der Waals surface area contributed by atoms with Crippen molar-refractivity contribution in [3.63, 3.8) is 0 Å². The first-order valence-electron chi connectivity index (χ1n) is 11.3. The van der Waals surface area contributed by atoms with Gasteiger partial charge in [0.15, 0.2) is 0 Å². The second kappa shape index (κ2) is 10.1. The SMILES string of the molecule is COc1ccccc1N1CCN(C(=O)NC2CCN(Cc3ccccc3C)CC2)CC1. The molecule has 2 aromatic carbocycles. The van der Waals surface area contributed by atoms with Gasteiger partial charge in [0, 0.05) is 51.9 Å². The number of amides is 2. The Hall–Kier alpha value is -2.73. The molecule has 31 heavy (non-hydrogen) atoms. The van der Waals surface area contributed by atoms with Crippen LogP contribution < -0.4 is 15.0 Å². The van der Waals surface area contributed by atoms with Gasteiger partial charge in [0.25, 0.3) is 0 Å². The van der Waals surface area contributed by atoms with Gasteiger partial charge in [-0.2, -0.15) is 0 Å². The average Bonchev–Trinajstić information content (AvgIpc) is 2.82. The van der Waals surface area contributed by atoms with Crippen molar-refractivity contribution in [2.24, 2.45) is 0 Å². The lowest BCUT2D eigenvalue weighted by atomic mass is 10.0. The smallest absolute Gasteiger partial charge is 0.317 e. The predicted molar refractivity (Wildman–Crippen MR) is 125 cm³/mol. The minimum atomic E-state index is 0.0806. The highest BCUT2D eigenvalue weighted by molar-refractivity contribution is 5.75. The number of ether oxygens (including phenoxy) is 1. The Morgan fingerprint density at radius 2 is 1.65 bits per heavy atom. The Balaban J connectivity index is 1.22. The Kier molecular flexibility index (Phi) is 6.97. The molecule has 0 saturated carbocycles. The van der Waals surface area contributed by atoms with Gasteiger partial charge in [0.05, 0.1) is 12.8 Å². The number of urea groups is 1. The number of piperazine rings is 1. The van der Waals surface area contributed by atoms with Crippen molar-refractivity contribution >= 4 is 11.7 Å². The molecule has 0 aliphatic carbocycles. The van der Waals surface area contributed by atoms with Gasteiger partial charge in [-0.15, -0.1) is 0 Å². The zero-order chi connectivity index (χ0) is 21.6. The van der Waals surface area contributed by atoms with Gasteiger partial charge in [-0.05, 0) is 43.0 Å². The lowest BCUT2D eigenvalue weighted by Gasteiger charge is -2.38. The van der Waals surface area contributed by atoms with Crippen molar-refractivity contribution < 1.29 is 9.53 Å². The molecule has 2 amide bonds. The normalized spacial score (nSPS) is 18.1. The second-order valence-electron chi connectivity index (χ2n) is 8.57. The highest BCUT2D eigenvalue weighted by Gasteiger charge is 2.26. The standard InChI is InChI=1S/C25H34N4O2/c1-20-7-3-4-8-21(20)19-27-13-11-22(12-14-27)26-25(30)29-17-15-28(16-18-29)23-9-5-6-10-24(23)31-2/h3-10,22H,11-19H2,1-2H3,(H,26,30). The molecule has 166 valence electrons. The molecule has 2 heterocycles. The number of carbonyl (C=O) groups is 1. The van der Waals surface area contributed by atoms with E-state index in [1.807, 2.05) is 23.1 Å². The number of carbonyl (C=O) groups excluding carboxylic acids is 1. The van der Waals surface area contributed by atoms with Gasteiger partial charge in [0.1, 0.15) is 5.75 Å². The zero-order valence-electron chi connectivity index (χ0n) is 18.7. The van der Waals surface area contributed by atoms with E-state index in [0.717, 1.165) is 70.1 Å². The molecular formula is C25H34N4O2. The summed E-state index contributed by atoms with van der Waals surface area (Å²) in [4.78, 5) is 19.6. The van der Waals surface area contributed by atoms with Crippen LogP contribution in [0.5, 0.6) is 5.75 Å². The minimum Gasteiger partial charge on any atom is -0.495 e. The molecule has 0 bridgehead atoms. The van der Waals surface area contributed by atoms with Crippen LogP contribution in [0.2, 0.25) is 0 Å². The molecule has 2 aliphatic heterocycles. The van der Waals surface area contributed by atoms with E-state index in [0.29, 0.717) is 0 Å². The molecule has 0 unspecified atom stereocenters. The minimum absolute atomic E-state index is 0.0806. The third kappa shape index (κ3) is 5.31. The molecular weight excluding hydrogens is 388 g/mol. The van der Waals surface area contributed by atoms with Crippen molar-refractivity contribution in [3.8, 4) is 5.75 Å². The molecule has 6 heteroatoms. The molecule has 0 spiro atoms. The Morgan fingerprint density at radius 1 is 0.968 bits per heavy atom. The van der Waals surface area contributed by atoms with E-state index in [1.165, 1.54) is 11.1 Å². The highest BCUT2D eigenvalue weighted by atomic mass is 16.5. The van der Waals surface area contributed by atoms with E-state index < -0.39 is 0 Å². The molecule has 4 rings (SSSR count). The third-order valence-electron chi connectivity index (χ3n) is 6.56. The molecule has 6 nitrogen and oxygen atoms in total. The van der Waals surface area contributed by atoms with Crippen LogP contribution in [0.3, 0.4) is 0 Å². The van der Waals surface area contributed by atoms with Gasteiger partial charge in [-0.3, -0.25) is 4.90 Å². The topological polar surface area (TPSA) is 48.1 Å². The summed E-state index contributed by atoms with van der Waals surface area (Å²) >= 11 is 0. The zero-order valence-corrected chi connectivity index (χ0v) is 18.7. The largest absolute Gasteiger partial charge is 0.495 e. The van der Waals surface area contributed by atoms with E-state index in [9.17, 15) is 4.79 Å². The first-order valence-corrected chi connectivity index (χ1v) is 11.3. The first kappa shape index (κ1) is 21.5. The molecule has 2 aliphatic rings. The van der Waals surface area contributed by atoms with Crippen molar-refractivity contribution in [1.29, 1.82) is 0 Å². The van der Waals surface area contributed by atoms with E-state index in [1.54, 1.807) is 7.11 Å². The number of methoxy groups -OCH3 is 1. The molecule has 2 fully saturated rings. The van der Waals surface area contributed by atoms with Crippen LogP contribution in [0.1, 0.15) is 24.0 Å². The number of hydrogen-bond acceptors (Lipinski definition) is 4. The van der Waals surface area contributed by atoms with Crippen LogP contribution >= 0.6 is 0 Å². The fraction of sp³-hybridized carbons (Fsp3) is 0.480. The summed E-state index contributed by atoms with van der Waals surface area (Å²) in [6, 6.07) is 17.0. The van der Waals surface area contributed by atoms with E-state index in [2.05, 4.69) is 52.4 Å². The fourth-order valence-corrected chi connectivity index (χ4v) is 4.57. The number of rotatable bonds is 5. The van der Waals surface area contributed by atoms with Gasteiger partial charge in [0.2, 0.25) is 0 Å². The van der Waals surface area contributed by atoms with Crippen molar-refractivity contribution in [2.75, 3.05) is 51.3 Å². The van der Waals surface area contributed by atoms with Gasteiger partial charge < -0.3 is 19.9 Å². The van der Waals surface area contributed by atoms with Crippen LogP contribution in [0.4, 0.5) is 10.5 Å². The fourth-order valence-electron chi connectivity index (χ4n) is 4.57. The van der Waals surface area contributed by atoms with Crippen LogP contribution in [0.25, 0.3) is 0 Å². The summed E-state index contributed by atoms with van der Waals surface area (Å²) in [6.07, 6.45) is 2.03. The predicted octanol–water partition coefficient (Wildman–Crippen LogP) is 3.50. The number of likely N-dealkylation sites (tertiary alicyclic amines) is 1. The number of piperidine rings is 1. The van der Waals surface area contributed by atoms with E-state index in [4.69, 9.17) is 4.74 Å². The Labute approximate surface area is 185 Å². The second-order valence-corrected chi connectivity index (χ2v) is 8.57. The van der Waals surface area contributed by atoms with Gasteiger partial charge in [-0.1, -0.05) is 36.4 Å². The quantitative estimate of drug-likeness (QED) is 0.801. The van der Waals surface area contributed by atoms with Gasteiger partial charge >= 0.3 is 6.03 Å². The lowest BCUT2D eigenvalue weighted by Crippen LogP contribution is -2.54. The van der Waals surface area contributed by atoms with Crippen LogP contribution in [0.15, 0.2) is 48.5 Å². The first-order chi connectivity index (χ1) is 15.1. The molecule has 0 radical (unpaired) electrons. The van der Waals surface area contributed by atoms with Crippen LogP contribution in [0, 0.1) is 6.92 Å². The van der Waals surface area contributed by atoms with Crippen LogP contribution in [-0.2, 0) is 6.54 Å². The summed E-state index contributed by atoms with van der Waals surface area (Å²) in [5.41, 5.74) is 3.86. The van der Waals surface area contributed by atoms with Crippen LogP contribution in [-0.4, -0.2) is 68.3 Å². The number of anilines is 1. The Bertz CT molecular complexity index is 871. The van der Waals surface area contributed by atoms with E-state index in [-0.39, 0.29) is 12.1 Å². The number of benzene rings is 2. The Morgan fingerprint density at radius 3 is 2.35 bits per heavy atom. The molecule has 0 aromatic heterocycles. The molecule has 2 aromatic rings.